The Morgan fingerprint density at radius 3 is 1.35 bits per heavy atom. The van der Waals surface area contributed by atoms with Crippen LogP contribution in [0.2, 0.25) is 6.04 Å². The Morgan fingerprint density at radius 2 is 1.00 bits per heavy atom. The van der Waals surface area contributed by atoms with Crippen LogP contribution in [0.1, 0.15) is 104 Å². The normalized spacial score (nSPS) is 13.5. The van der Waals surface area contributed by atoms with Crippen LogP contribution in [0.5, 0.6) is 0 Å². The van der Waals surface area contributed by atoms with Gasteiger partial charge in [0.15, 0.2) is 0 Å². The van der Waals surface area contributed by atoms with E-state index in [-0.39, 0.29) is 0 Å². The highest BCUT2D eigenvalue weighted by atomic mass is 28.4. The van der Waals surface area contributed by atoms with E-state index in [9.17, 15) is 0 Å². The van der Waals surface area contributed by atoms with Crippen molar-refractivity contribution in [1.82, 2.24) is 0 Å². The Bertz CT molecular complexity index is 285. The van der Waals surface area contributed by atoms with Crippen LogP contribution in [0.15, 0.2) is 0 Å². The number of rotatable bonds is 19. The number of hydrogen-bond donors (Lipinski definition) is 0. The predicted octanol–water partition coefficient (Wildman–Crippen LogP) is 7.23. The minimum atomic E-state index is -2.45. The standard InChI is InChI=1S/C22H48O3Si/c1-7-8-9-10-11-12-13-14-15-16-17-18-19-22(21(2)3)20-26(23-4,24-5)25-6/h21-22H,7-20H2,1-6H3. The lowest BCUT2D eigenvalue weighted by Crippen LogP contribution is -2.45. The molecule has 3 nitrogen and oxygen atoms in total. The van der Waals surface area contributed by atoms with Crippen molar-refractivity contribution in [2.45, 2.75) is 110 Å². The predicted molar refractivity (Wildman–Crippen MR) is 116 cm³/mol. The molecule has 4 heteroatoms. The van der Waals surface area contributed by atoms with Crippen LogP contribution in [-0.4, -0.2) is 30.1 Å². The highest BCUT2D eigenvalue weighted by molar-refractivity contribution is 6.60. The molecule has 0 N–H and O–H groups in total. The van der Waals surface area contributed by atoms with Gasteiger partial charge < -0.3 is 13.3 Å². The maximum atomic E-state index is 5.62. The van der Waals surface area contributed by atoms with Gasteiger partial charge in [-0.3, -0.25) is 0 Å². The van der Waals surface area contributed by atoms with E-state index in [4.69, 9.17) is 13.3 Å². The molecule has 158 valence electrons. The molecule has 0 bridgehead atoms. The van der Waals surface area contributed by atoms with E-state index in [1.165, 1.54) is 83.5 Å². The second-order valence-electron chi connectivity index (χ2n) is 8.18. The van der Waals surface area contributed by atoms with Crippen molar-refractivity contribution in [3.63, 3.8) is 0 Å². The lowest BCUT2D eigenvalue weighted by Gasteiger charge is -2.30. The second-order valence-corrected chi connectivity index (χ2v) is 11.2. The summed E-state index contributed by atoms with van der Waals surface area (Å²) in [5.74, 6) is 1.28. The molecular weight excluding hydrogens is 340 g/mol. The van der Waals surface area contributed by atoms with Gasteiger partial charge >= 0.3 is 8.80 Å². The van der Waals surface area contributed by atoms with E-state index in [2.05, 4.69) is 20.8 Å². The molecule has 0 aliphatic heterocycles. The highest BCUT2D eigenvalue weighted by Crippen LogP contribution is 2.29. The minimum Gasteiger partial charge on any atom is -0.377 e. The summed E-state index contributed by atoms with van der Waals surface area (Å²) in [6, 6.07) is 0.937. The molecule has 0 aromatic carbocycles. The van der Waals surface area contributed by atoms with Crippen LogP contribution in [0.25, 0.3) is 0 Å². The molecule has 1 unspecified atom stereocenters. The molecule has 0 aromatic rings. The first-order valence-corrected chi connectivity index (χ1v) is 13.1. The third-order valence-electron chi connectivity index (χ3n) is 5.82. The fraction of sp³-hybridized carbons (Fsp3) is 1.00. The van der Waals surface area contributed by atoms with Gasteiger partial charge in [0.2, 0.25) is 0 Å². The van der Waals surface area contributed by atoms with E-state index in [1.807, 2.05) is 0 Å². The van der Waals surface area contributed by atoms with Crippen molar-refractivity contribution in [1.29, 1.82) is 0 Å². The summed E-state index contributed by atoms with van der Waals surface area (Å²) in [4.78, 5) is 0. The van der Waals surface area contributed by atoms with Crippen molar-refractivity contribution in [3.8, 4) is 0 Å². The molecular formula is C22H48O3Si. The first kappa shape index (κ1) is 26.1. The summed E-state index contributed by atoms with van der Waals surface area (Å²) in [5, 5.41) is 0. The maximum Gasteiger partial charge on any atom is 0.500 e. The topological polar surface area (TPSA) is 27.7 Å². The summed E-state index contributed by atoms with van der Waals surface area (Å²) in [5.41, 5.74) is 0. The quantitative estimate of drug-likeness (QED) is 0.172. The highest BCUT2D eigenvalue weighted by Gasteiger charge is 2.40. The van der Waals surface area contributed by atoms with E-state index in [1.54, 1.807) is 21.3 Å². The third-order valence-corrected chi connectivity index (χ3v) is 8.71. The summed E-state index contributed by atoms with van der Waals surface area (Å²) >= 11 is 0. The smallest absolute Gasteiger partial charge is 0.377 e. The van der Waals surface area contributed by atoms with Crippen LogP contribution >= 0.6 is 0 Å². The number of hydrogen-bond acceptors (Lipinski definition) is 3. The van der Waals surface area contributed by atoms with Crippen molar-refractivity contribution in [3.05, 3.63) is 0 Å². The molecule has 0 amide bonds. The zero-order chi connectivity index (χ0) is 19.7. The summed E-state index contributed by atoms with van der Waals surface area (Å²) in [6.45, 7) is 6.91. The summed E-state index contributed by atoms with van der Waals surface area (Å²) < 4.78 is 16.9. The van der Waals surface area contributed by atoms with Crippen molar-refractivity contribution in [2.75, 3.05) is 21.3 Å². The fourth-order valence-electron chi connectivity index (χ4n) is 3.74. The monoisotopic (exact) mass is 388 g/mol. The molecule has 0 rings (SSSR count). The Balaban J connectivity index is 3.75. The first-order chi connectivity index (χ1) is 12.5. The first-order valence-electron chi connectivity index (χ1n) is 11.2. The van der Waals surface area contributed by atoms with E-state index in [0.717, 1.165) is 6.04 Å². The van der Waals surface area contributed by atoms with Gasteiger partial charge in [0.25, 0.3) is 0 Å². The van der Waals surface area contributed by atoms with Gasteiger partial charge in [-0.1, -0.05) is 104 Å². The van der Waals surface area contributed by atoms with Crippen LogP contribution in [0, 0.1) is 11.8 Å². The lowest BCUT2D eigenvalue weighted by atomic mass is 9.91. The van der Waals surface area contributed by atoms with Gasteiger partial charge in [0, 0.05) is 27.4 Å². The average molecular weight is 389 g/mol. The van der Waals surface area contributed by atoms with Crippen LogP contribution in [0.3, 0.4) is 0 Å². The van der Waals surface area contributed by atoms with Gasteiger partial charge in [-0.15, -0.1) is 0 Å². The van der Waals surface area contributed by atoms with Crippen molar-refractivity contribution in [2.24, 2.45) is 11.8 Å². The van der Waals surface area contributed by atoms with Crippen LogP contribution < -0.4 is 0 Å². The van der Waals surface area contributed by atoms with E-state index in [0.29, 0.717) is 11.8 Å². The zero-order valence-corrected chi connectivity index (χ0v) is 19.8. The molecule has 0 radical (unpaired) electrons. The van der Waals surface area contributed by atoms with Gasteiger partial charge in [-0.2, -0.15) is 0 Å². The van der Waals surface area contributed by atoms with E-state index >= 15 is 0 Å². The van der Waals surface area contributed by atoms with Gasteiger partial charge in [-0.05, 0) is 11.8 Å². The lowest BCUT2D eigenvalue weighted by molar-refractivity contribution is 0.113. The molecule has 0 spiro atoms. The molecule has 0 heterocycles. The van der Waals surface area contributed by atoms with E-state index < -0.39 is 8.80 Å². The molecule has 0 aliphatic carbocycles. The van der Waals surface area contributed by atoms with Gasteiger partial charge in [-0.25, -0.2) is 0 Å². The number of unbranched alkanes of at least 4 members (excludes halogenated alkanes) is 11. The Kier molecular flexibility index (Phi) is 17.3. The van der Waals surface area contributed by atoms with Gasteiger partial charge in [0.05, 0.1) is 0 Å². The molecule has 0 saturated heterocycles. The van der Waals surface area contributed by atoms with Gasteiger partial charge in [0.1, 0.15) is 0 Å². The molecule has 26 heavy (non-hydrogen) atoms. The summed E-state index contributed by atoms with van der Waals surface area (Å²) in [7, 11) is 2.72. The van der Waals surface area contributed by atoms with Crippen molar-refractivity contribution >= 4 is 8.80 Å². The molecule has 0 aliphatic rings. The largest absolute Gasteiger partial charge is 0.500 e. The Hall–Kier alpha value is 0.0969. The molecule has 0 saturated carbocycles. The molecule has 0 aromatic heterocycles. The average Bonchev–Trinajstić information content (AvgIpc) is 2.65. The van der Waals surface area contributed by atoms with Crippen LogP contribution in [0.4, 0.5) is 0 Å². The maximum absolute atomic E-state index is 5.62. The SMILES string of the molecule is CCCCCCCCCCCCCCC(C[Si](OC)(OC)OC)C(C)C. The minimum absolute atomic E-state index is 0.629. The molecule has 0 fully saturated rings. The zero-order valence-electron chi connectivity index (χ0n) is 18.8. The second kappa shape index (κ2) is 17.2. The summed E-state index contributed by atoms with van der Waals surface area (Å²) in [6.07, 6.45) is 18.1. The fourth-order valence-corrected chi connectivity index (χ4v) is 6.06. The van der Waals surface area contributed by atoms with Crippen LogP contribution in [-0.2, 0) is 13.3 Å². The third kappa shape index (κ3) is 12.5. The molecule has 1 atom stereocenters. The van der Waals surface area contributed by atoms with Crippen molar-refractivity contribution < 1.29 is 13.3 Å². The Labute approximate surface area is 165 Å². The Morgan fingerprint density at radius 1 is 0.615 bits per heavy atom.